The molecule has 2 aromatic rings. The Morgan fingerprint density at radius 1 is 1.28 bits per heavy atom. The molecule has 2 atom stereocenters. The maximum absolute atomic E-state index is 12.8. The normalized spacial score (nSPS) is 18.9. The smallest absolute Gasteiger partial charge is 0.227 e. The van der Waals surface area contributed by atoms with Crippen molar-refractivity contribution in [2.24, 2.45) is 0 Å². The van der Waals surface area contributed by atoms with Gasteiger partial charge in [-0.05, 0) is 37.5 Å². The fourth-order valence-corrected chi connectivity index (χ4v) is 3.73. The predicted octanol–water partition coefficient (Wildman–Crippen LogP) is 3.31. The summed E-state index contributed by atoms with van der Waals surface area (Å²) in [5, 5.41) is 0. The number of amides is 1. The van der Waals surface area contributed by atoms with Gasteiger partial charge in [-0.25, -0.2) is 0 Å². The van der Waals surface area contributed by atoms with Crippen molar-refractivity contribution in [2.45, 2.75) is 38.8 Å². The molecule has 2 heterocycles. The van der Waals surface area contributed by atoms with Crippen molar-refractivity contribution in [2.75, 3.05) is 19.6 Å². The van der Waals surface area contributed by atoms with Crippen LogP contribution in [0.2, 0.25) is 0 Å². The van der Waals surface area contributed by atoms with Crippen LogP contribution in [0.15, 0.2) is 54.9 Å². The van der Waals surface area contributed by atoms with Crippen molar-refractivity contribution in [1.82, 2.24) is 14.8 Å². The number of aromatic nitrogens is 1. The lowest BCUT2D eigenvalue weighted by atomic mass is 10.1. The van der Waals surface area contributed by atoms with Gasteiger partial charge in [0, 0.05) is 44.1 Å². The molecular weight excluding hydrogens is 310 g/mol. The molecule has 0 spiro atoms. The molecule has 1 aliphatic rings. The third-order valence-electron chi connectivity index (χ3n) is 5.20. The average Bonchev–Trinajstić information content (AvgIpc) is 3.13. The summed E-state index contributed by atoms with van der Waals surface area (Å²) in [5.74, 6) is 0.203. The lowest BCUT2D eigenvalue weighted by Crippen LogP contribution is -2.42. The second-order valence-electron chi connectivity index (χ2n) is 6.74. The minimum atomic E-state index is 0.203. The van der Waals surface area contributed by atoms with Crippen LogP contribution in [0.25, 0.3) is 0 Å². The lowest BCUT2D eigenvalue weighted by molar-refractivity contribution is -0.132. The first-order valence-electron chi connectivity index (χ1n) is 9.16. The van der Waals surface area contributed by atoms with Gasteiger partial charge in [-0.15, -0.1) is 0 Å². The molecule has 1 saturated heterocycles. The van der Waals surface area contributed by atoms with Crippen molar-refractivity contribution < 1.29 is 4.79 Å². The van der Waals surface area contributed by atoms with Gasteiger partial charge in [-0.3, -0.25) is 14.7 Å². The van der Waals surface area contributed by atoms with E-state index in [2.05, 4.69) is 54.1 Å². The first-order chi connectivity index (χ1) is 12.2. The Morgan fingerprint density at radius 3 is 2.76 bits per heavy atom. The Morgan fingerprint density at radius 2 is 2.08 bits per heavy atom. The first-order valence-corrected chi connectivity index (χ1v) is 9.16. The number of hydrogen-bond donors (Lipinski definition) is 0. The van der Waals surface area contributed by atoms with Gasteiger partial charge < -0.3 is 4.90 Å². The second-order valence-corrected chi connectivity index (χ2v) is 6.74. The molecule has 1 aromatic carbocycles. The Balaban J connectivity index is 1.62. The van der Waals surface area contributed by atoms with E-state index in [0.717, 1.165) is 31.6 Å². The molecule has 3 rings (SSSR count). The van der Waals surface area contributed by atoms with Crippen LogP contribution < -0.4 is 0 Å². The van der Waals surface area contributed by atoms with E-state index in [9.17, 15) is 4.79 Å². The van der Waals surface area contributed by atoms with Crippen LogP contribution in [0.5, 0.6) is 0 Å². The van der Waals surface area contributed by atoms with Crippen molar-refractivity contribution in [3.05, 3.63) is 66.0 Å². The number of likely N-dealkylation sites (tertiary alicyclic amines) is 1. The summed E-state index contributed by atoms with van der Waals surface area (Å²) >= 11 is 0. The predicted molar refractivity (Wildman–Crippen MR) is 100 cm³/mol. The molecule has 0 radical (unpaired) electrons. The molecule has 0 aliphatic carbocycles. The van der Waals surface area contributed by atoms with Crippen molar-refractivity contribution >= 4 is 5.91 Å². The summed E-state index contributed by atoms with van der Waals surface area (Å²) in [6, 6.07) is 15.2. The molecule has 4 nitrogen and oxygen atoms in total. The van der Waals surface area contributed by atoms with Crippen LogP contribution in [0, 0.1) is 0 Å². The Hall–Kier alpha value is -2.20. The highest BCUT2D eigenvalue weighted by Gasteiger charge is 2.32. The average molecular weight is 337 g/mol. The van der Waals surface area contributed by atoms with Crippen LogP contribution in [-0.2, 0) is 11.2 Å². The minimum Gasteiger partial charge on any atom is -0.338 e. The third-order valence-corrected chi connectivity index (χ3v) is 5.20. The van der Waals surface area contributed by atoms with E-state index in [4.69, 9.17) is 0 Å². The fourth-order valence-electron chi connectivity index (χ4n) is 3.73. The van der Waals surface area contributed by atoms with Gasteiger partial charge in [0.2, 0.25) is 5.91 Å². The zero-order chi connectivity index (χ0) is 17.6. The standard InChI is InChI=1S/C21H27N3O/c1-3-24(21(25)14-18-8-7-12-22-15-18)20-11-13-23(16-20)17(2)19-9-5-4-6-10-19/h4-10,12,15,17,20H,3,11,13-14,16H2,1-2H3/t17-,20-/m1/s1. The van der Waals surface area contributed by atoms with Crippen LogP contribution >= 0.6 is 0 Å². The number of nitrogens with zero attached hydrogens (tertiary/aromatic N) is 3. The molecule has 4 heteroatoms. The van der Waals surface area contributed by atoms with Crippen molar-refractivity contribution in [3.8, 4) is 0 Å². The van der Waals surface area contributed by atoms with E-state index in [-0.39, 0.29) is 5.91 Å². The molecular formula is C21H27N3O. The number of carbonyl (C=O) groups is 1. The Bertz CT molecular complexity index is 674. The molecule has 0 unspecified atom stereocenters. The maximum Gasteiger partial charge on any atom is 0.227 e. The van der Waals surface area contributed by atoms with Crippen LogP contribution in [0.3, 0.4) is 0 Å². The zero-order valence-electron chi connectivity index (χ0n) is 15.1. The molecule has 0 bridgehead atoms. The summed E-state index contributed by atoms with van der Waals surface area (Å²) < 4.78 is 0. The number of carbonyl (C=O) groups excluding carboxylic acids is 1. The molecule has 1 aliphatic heterocycles. The van der Waals surface area contributed by atoms with E-state index in [1.54, 1.807) is 12.4 Å². The number of rotatable bonds is 6. The van der Waals surface area contributed by atoms with Gasteiger partial charge in [0.1, 0.15) is 0 Å². The van der Waals surface area contributed by atoms with E-state index in [0.29, 0.717) is 18.5 Å². The van der Waals surface area contributed by atoms with Crippen LogP contribution in [0.1, 0.15) is 37.4 Å². The Kier molecular flexibility index (Phi) is 5.82. The zero-order valence-corrected chi connectivity index (χ0v) is 15.1. The number of benzene rings is 1. The Labute approximate surface area is 150 Å². The second kappa shape index (κ2) is 8.26. The van der Waals surface area contributed by atoms with Gasteiger partial charge in [0.25, 0.3) is 0 Å². The molecule has 1 fully saturated rings. The van der Waals surface area contributed by atoms with E-state index in [1.165, 1.54) is 5.56 Å². The maximum atomic E-state index is 12.8. The molecule has 0 saturated carbocycles. The minimum absolute atomic E-state index is 0.203. The van der Waals surface area contributed by atoms with Gasteiger partial charge >= 0.3 is 0 Å². The molecule has 132 valence electrons. The fraction of sp³-hybridized carbons (Fsp3) is 0.429. The van der Waals surface area contributed by atoms with E-state index in [1.807, 2.05) is 17.0 Å². The first kappa shape index (κ1) is 17.6. The third kappa shape index (κ3) is 4.26. The largest absolute Gasteiger partial charge is 0.338 e. The molecule has 25 heavy (non-hydrogen) atoms. The summed E-state index contributed by atoms with van der Waals surface area (Å²) in [5.41, 5.74) is 2.33. The van der Waals surface area contributed by atoms with Crippen LogP contribution in [-0.4, -0.2) is 46.4 Å². The highest BCUT2D eigenvalue weighted by molar-refractivity contribution is 5.79. The lowest BCUT2D eigenvalue weighted by Gasteiger charge is -2.30. The van der Waals surface area contributed by atoms with Gasteiger partial charge in [0.15, 0.2) is 0 Å². The summed E-state index contributed by atoms with van der Waals surface area (Å²) in [6.07, 6.45) is 5.01. The highest BCUT2D eigenvalue weighted by Crippen LogP contribution is 2.26. The highest BCUT2D eigenvalue weighted by atomic mass is 16.2. The van der Waals surface area contributed by atoms with Crippen molar-refractivity contribution in [3.63, 3.8) is 0 Å². The molecule has 1 aromatic heterocycles. The molecule has 1 amide bonds. The number of pyridine rings is 1. The quantitative estimate of drug-likeness (QED) is 0.811. The van der Waals surface area contributed by atoms with E-state index >= 15 is 0 Å². The van der Waals surface area contributed by atoms with Gasteiger partial charge in [0.05, 0.1) is 6.42 Å². The number of hydrogen-bond acceptors (Lipinski definition) is 3. The van der Waals surface area contributed by atoms with Crippen molar-refractivity contribution in [1.29, 1.82) is 0 Å². The van der Waals surface area contributed by atoms with Gasteiger partial charge in [-0.1, -0.05) is 36.4 Å². The van der Waals surface area contributed by atoms with Gasteiger partial charge in [-0.2, -0.15) is 0 Å². The SMILES string of the molecule is CCN(C(=O)Cc1cccnc1)[C@@H]1CCN([C@H](C)c2ccccc2)C1. The monoisotopic (exact) mass is 337 g/mol. The topological polar surface area (TPSA) is 36.4 Å². The van der Waals surface area contributed by atoms with Crippen LogP contribution in [0.4, 0.5) is 0 Å². The summed E-state index contributed by atoms with van der Waals surface area (Å²) in [7, 11) is 0. The number of likely N-dealkylation sites (N-methyl/N-ethyl adjacent to an activating group) is 1. The summed E-state index contributed by atoms with van der Waals surface area (Å²) in [6.45, 7) is 7.08. The van der Waals surface area contributed by atoms with E-state index < -0.39 is 0 Å². The molecule has 0 N–H and O–H groups in total. The summed E-state index contributed by atoms with van der Waals surface area (Å²) in [4.78, 5) is 21.4.